The zero-order chi connectivity index (χ0) is 16.3. The molecule has 1 amide bonds. The molecule has 122 valence electrons. The molecular weight excluding hydrogens is 283 g/mol. The van der Waals surface area contributed by atoms with Gasteiger partial charge in [0.05, 0.1) is 18.7 Å². The topological polar surface area (TPSA) is 64.4 Å². The second-order valence-electron chi connectivity index (χ2n) is 6.44. The Bertz CT molecular complexity index is 529. The van der Waals surface area contributed by atoms with Crippen LogP contribution in [0.5, 0.6) is 5.75 Å². The third-order valence-electron chi connectivity index (χ3n) is 4.01. The van der Waals surface area contributed by atoms with Gasteiger partial charge >= 0.3 is 0 Å². The molecule has 0 saturated heterocycles. The normalized spacial score (nSPS) is 17.2. The highest BCUT2D eigenvalue weighted by molar-refractivity contribution is 5.82. The third-order valence-corrected chi connectivity index (χ3v) is 4.01. The zero-order valence-electron chi connectivity index (χ0n) is 13.4. The van der Waals surface area contributed by atoms with Gasteiger partial charge in [0.1, 0.15) is 0 Å². The Kier molecular flexibility index (Phi) is 5.40. The maximum atomic E-state index is 14.0. The van der Waals surface area contributed by atoms with Crippen molar-refractivity contribution in [2.24, 2.45) is 17.6 Å². The highest BCUT2D eigenvalue weighted by Crippen LogP contribution is 2.30. The van der Waals surface area contributed by atoms with Gasteiger partial charge in [-0.15, -0.1) is 0 Å². The van der Waals surface area contributed by atoms with Crippen LogP contribution in [0.3, 0.4) is 0 Å². The van der Waals surface area contributed by atoms with Gasteiger partial charge in [-0.3, -0.25) is 4.79 Å². The number of halogens is 1. The van der Waals surface area contributed by atoms with Gasteiger partial charge in [0.25, 0.3) is 0 Å². The lowest BCUT2D eigenvalue weighted by Gasteiger charge is -2.20. The number of amides is 1. The van der Waals surface area contributed by atoms with Crippen LogP contribution >= 0.6 is 0 Å². The highest BCUT2D eigenvalue weighted by Gasteiger charge is 2.23. The number of nitrogens with two attached hydrogens (primary N) is 1. The summed E-state index contributed by atoms with van der Waals surface area (Å²) in [6.45, 7) is 6.16. The van der Waals surface area contributed by atoms with Crippen LogP contribution < -0.4 is 15.8 Å². The van der Waals surface area contributed by atoms with Crippen molar-refractivity contribution in [1.29, 1.82) is 0 Å². The lowest BCUT2D eigenvalue weighted by Crippen LogP contribution is -2.44. The van der Waals surface area contributed by atoms with Gasteiger partial charge in [-0.25, -0.2) is 4.39 Å². The van der Waals surface area contributed by atoms with E-state index in [1.807, 2.05) is 20.8 Å². The average molecular weight is 308 g/mol. The van der Waals surface area contributed by atoms with Crippen LogP contribution in [0.1, 0.15) is 45.2 Å². The molecule has 0 aromatic heterocycles. The number of carbonyl (C=O) groups is 1. The molecule has 1 aliphatic carbocycles. The van der Waals surface area contributed by atoms with E-state index in [1.165, 1.54) is 18.9 Å². The standard InChI is InChI=1S/C17H25FN2O2/c1-10(2)16(19)17(21)20-11(3)13-6-7-15(14(18)8-13)22-9-12-4-5-12/h6-8,10-12,16H,4-5,9,19H2,1-3H3,(H,20,21)/t11?,16-/m0/s1. The molecule has 1 aromatic carbocycles. The molecule has 0 radical (unpaired) electrons. The molecule has 3 N–H and O–H groups in total. The first kappa shape index (κ1) is 16.7. The van der Waals surface area contributed by atoms with Crippen LogP contribution in [0.2, 0.25) is 0 Å². The summed E-state index contributed by atoms with van der Waals surface area (Å²) in [5.41, 5.74) is 6.50. The summed E-state index contributed by atoms with van der Waals surface area (Å²) in [4.78, 5) is 11.9. The Morgan fingerprint density at radius 1 is 1.41 bits per heavy atom. The van der Waals surface area contributed by atoms with Crippen molar-refractivity contribution in [3.8, 4) is 5.75 Å². The third kappa shape index (κ3) is 4.44. The van der Waals surface area contributed by atoms with E-state index in [0.717, 1.165) is 0 Å². The lowest BCUT2D eigenvalue weighted by molar-refractivity contribution is -0.123. The van der Waals surface area contributed by atoms with Gasteiger partial charge in [0.2, 0.25) is 5.91 Å². The van der Waals surface area contributed by atoms with Crippen molar-refractivity contribution in [2.75, 3.05) is 6.61 Å². The van der Waals surface area contributed by atoms with Gasteiger partial charge in [0.15, 0.2) is 11.6 Å². The van der Waals surface area contributed by atoms with Crippen molar-refractivity contribution in [2.45, 2.75) is 45.7 Å². The number of hydrogen-bond acceptors (Lipinski definition) is 3. The fourth-order valence-electron chi connectivity index (χ4n) is 2.09. The molecule has 4 nitrogen and oxygen atoms in total. The summed E-state index contributed by atoms with van der Waals surface area (Å²) in [5, 5.41) is 2.81. The molecule has 0 aliphatic heterocycles. The molecule has 2 rings (SSSR count). The van der Waals surface area contributed by atoms with Crippen LogP contribution in [0.25, 0.3) is 0 Å². The van der Waals surface area contributed by atoms with E-state index in [9.17, 15) is 9.18 Å². The molecule has 1 aliphatic rings. The molecule has 1 saturated carbocycles. The first-order valence-corrected chi connectivity index (χ1v) is 7.86. The Hall–Kier alpha value is -1.62. The summed E-state index contributed by atoms with van der Waals surface area (Å²) in [6, 6.07) is 3.95. The molecule has 2 atom stereocenters. The fraction of sp³-hybridized carbons (Fsp3) is 0.588. The van der Waals surface area contributed by atoms with E-state index in [0.29, 0.717) is 18.1 Å². The van der Waals surface area contributed by atoms with E-state index < -0.39 is 11.9 Å². The predicted molar refractivity (Wildman–Crippen MR) is 84.0 cm³/mol. The Morgan fingerprint density at radius 3 is 2.64 bits per heavy atom. The van der Waals surface area contributed by atoms with E-state index in [1.54, 1.807) is 12.1 Å². The summed E-state index contributed by atoms with van der Waals surface area (Å²) >= 11 is 0. The Morgan fingerprint density at radius 2 is 2.09 bits per heavy atom. The fourth-order valence-corrected chi connectivity index (χ4v) is 2.09. The number of hydrogen-bond donors (Lipinski definition) is 2. The molecule has 0 spiro atoms. The molecule has 0 heterocycles. The average Bonchev–Trinajstić information content (AvgIpc) is 3.28. The van der Waals surface area contributed by atoms with Gasteiger partial charge < -0.3 is 15.8 Å². The van der Waals surface area contributed by atoms with Crippen molar-refractivity contribution in [3.05, 3.63) is 29.6 Å². The molecule has 22 heavy (non-hydrogen) atoms. The van der Waals surface area contributed by atoms with Crippen LogP contribution in [0.4, 0.5) is 4.39 Å². The number of carbonyl (C=O) groups excluding carboxylic acids is 1. The maximum Gasteiger partial charge on any atom is 0.237 e. The quantitative estimate of drug-likeness (QED) is 0.814. The van der Waals surface area contributed by atoms with Crippen molar-refractivity contribution in [1.82, 2.24) is 5.32 Å². The van der Waals surface area contributed by atoms with Gasteiger partial charge in [-0.05, 0) is 49.3 Å². The Labute approximate surface area is 131 Å². The SMILES string of the molecule is CC(NC(=O)[C@@H](N)C(C)C)c1ccc(OCC2CC2)c(F)c1. The van der Waals surface area contributed by atoms with Crippen LogP contribution in [0, 0.1) is 17.7 Å². The van der Waals surface area contributed by atoms with E-state index in [-0.39, 0.29) is 23.6 Å². The summed E-state index contributed by atoms with van der Waals surface area (Å²) < 4.78 is 19.5. The molecular formula is C17H25FN2O2. The molecule has 1 aromatic rings. The van der Waals surface area contributed by atoms with Gasteiger partial charge in [-0.2, -0.15) is 0 Å². The summed E-state index contributed by atoms with van der Waals surface area (Å²) in [5.74, 6) is 0.286. The zero-order valence-corrected chi connectivity index (χ0v) is 13.4. The number of benzene rings is 1. The second-order valence-corrected chi connectivity index (χ2v) is 6.44. The minimum absolute atomic E-state index is 0.0575. The maximum absolute atomic E-state index is 14.0. The van der Waals surface area contributed by atoms with Crippen LogP contribution in [0.15, 0.2) is 18.2 Å². The lowest BCUT2D eigenvalue weighted by atomic mass is 10.0. The predicted octanol–water partition coefficient (Wildman–Crippen LogP) is 2.78. The summed E-state index contributed by atoms with van der Waals surface area (Å²) in [6.07, 6.45) is 2.33. The summed E-state index contributed by atoms with van der Waals surface area (Å²) in [7, 11) is 0. The van der Waals surface area contributed by atoms with Crippen molar-refractivity contribution >= 4 is 5.91 Å². The van der Waals surface area contributed by atoms with Crippen molar-refractivity contribution in [3.63, 3.8) is 0 Å². The number of nitrogens with one attached hydrogen (secondary N) is 1. The van der Waals surface area contributed by atoms with E-state index >= 15 is 0 Å². The minimum atomic E-state index is -0.562. The van der Waals surface area contributed by atoms with E-state index in [4.69, 9.17) is 10.5 Å². The highest BCUT2D eigenvalue weighted by atomic mass is 19.1. The molecule has 5 heteroatoms. The molecule has 0 bridgehead atoms. The number of ether oxygens (including phenoxy) is 1. The van der Waals surface area contributed by atoms with Gasteiger partial charge in [-0.1, -0.05) is 19.9 Å². The van der Waals surface area contributed by atoms with Crippen LogP contribution in [-0.4, -0.2) is 18.6 Å². The van der Waals surface area contributed by atoms with Gasteiger partial charge in [0, 0.05) is 0 Å². The smallest absolute Gasteiger partial charge is 0.237 e. The second kappa shape index (κ2) is 7.09. The monoisotopic (exact) mass is 308 g/mol. The van der Waals surface area contributed by atoms with Crippen LogP contribution in [-0.2, 0) is 4.79 Å². The molecule has 1 fully saturated rings. The largest absolute Gasteiger partial charge is 0.490 e. The first-order chi connectivity index (χ1) is 10.4. The first-order valence-electron chi connectivity index (χ1n) is 7.86. The number of rotatable bonds is 7. The minimum Gasteiger partial charge on any atom is -0.490 e. The van der Waals surface area contributed by atoms with E-state index in [2.05, 4.69) is 5.32 Å². The molecule has 1 unspecified atom stereocenters. The Balaban J connectivity index is 1.95. The van der Waals surface area contributed by atoms with Crippen molar-refractivity contribution < 1.29 is 13.9 Å².